The number of rotatable bonds is 5. The molecule has 1 heterocycles. The van der Waals surface area contributed by atoms with Crippen molar-refractivity contribution >= 4 is 39.8 Å². The molecule has 0 bridgehead atoms. The minimum atomic E-state index is -3.01. The molecule has 8 heteroatoms. The molecule has 1 N–H and O–H groups in total. The van der Waals surface area contributed by atoms with E-state index in [0.29, 0.717) is 19.1 Å². The number of sulfone groups is 1. The van der Waals surface area contributed by atoms with Crippen LogP contribution in [0.2, 0.25) is 0 Å². The molecule has 3 fully saturated rings. The lowest BCUT2D eigenvalue weighted by atomic mass is 9.87. The number of aliphatic imine (C=N–C) groups is 1. The van der Waals surface area contributed by atoms with E-state index >= 15 is 0 Å². The van der Waals surface area contributed by atoms with Crippen molar-refractivity contribution in [1.29, 1.82) is 0 Å². The summed E-state index contributed by atoms with van der Waals surface area (Å²) >= 11 is 0. The van der Waals surface area contributed by atoms with Crippen LogP contribution in [0.15, 0.2) is 4.99 Å². The monoisotopic (exact) mass is 526 g/mol. The largest absolute Gasteiger partial charge is 0.357 e. The van der Waals surface area contributed by atoms with Crippen LogP contribution >= 0.6 is 24.0 Å². The standard InChI is InChI=1S/C20H38N4O2S.HI/c1-3-21-19(22-13-14-23(2)18-9-5-6-10-18)24-15-16-27(25,26)20(17-24)11-7-4-8-12-20;/h18H,3-17H2,1-2H3,(H,21,22);1H. The Kier molecular flexibility index (Phi) is 9.32. The maximum absolute atomic E-state index is 12.8. The molecule has 0 radical (unpaired) electrons. The van der Waals surface area contributed by atoms with Gasteiger partial charge >= 0.3 is 0 Å². The average molecular weight is 527 g/mol. The second kappa shape index (κ2) is 10.8. The number of hydrogen-bond acceptors (Lipinski definition) is 4. The van der Waals surface area contributed by atoms with Gasteiger partial charge in [-0.05, 0) is 39.7 Å². The van der Waals surface area contributed by atoms with Gasteiger partial charge in [0, 0.05) is 32.2 Å². The molecule has 0 unspecified atom stereocenters. The summed E-state index contributed by atoms with van der Waals surface area (Å²) in [6, 6.07) is 0.716. The number of nitrogens with one attached hydrogen (secondary N) is 1. The first-order valence-corrected chi connectivity index (χ1v) is 12.6. The van der Waals surface area contributed by atoms with Gasteiger partial charge in [-0.25, -0.2) is 8.42 Å². The first-order valence-electron chi connectivity index (χ1n) is 10.9. The molecule has 164 valence electrons. The average Bonchev–Trinajstić information content (AvgIpc) is 3.19. The molecule has 28 heavy (non-hydrogen) atoms. The molecule has 0 aromatic rings. The molecule has 3 aliphatic rings. The highest BCUT2D eigenvalue weighted by Gasteiger charge is 2.48. The molecular weight excluding hydrogens is 487 g/mol. The van der Waals surface area contributed by atoms with Crippen LogP contribution in [-0.4, -0.2) is 80.5 Å². The summed E-state index contributed by atoms with van der Waals surface area (Å²) in [5.41, 5.74) is 0. The number of nitrogens with zero attached hydrogens (tertiary/aromatic N) is 3. The van der Waals surface area contributed by atoms with Crippen LogP contribution in [0, 0.1) is 0 Å². The lowest BCUT2D eigenvalue weighted by Gasteiger charge is -2.45. The van der Waals surface area contributed by atoms with Gasteiger partial charge < -0.3 is 15.1 Å². The summed E-state index contributed by atoms with van der Waals surface area (Å²) in [5, 5.41) is 3.41. The van der Waals surface area contributed by atoms with Gasteiger partial charge in [0.1, 0.15) is 0 Å². The lowest BCUT2D eigenvalue weighted by Crippen LogP contribution is -2.60. The van der Waals surface area contributed by atoms with Crippen molar-refractivity contribution in [3.8, 4) is 0 Å². The fraction of sp³-hybridized carbons (Fsp3) is 0.950. The van der Waals surface area contributed by atoms with Crippen molar-refractivity contribution in [3.63, 3.8) is 0 Å². The Morgan fingerprint density at radius 2 is 1.86 bits per heavy atom. The van der Waals surface area contributed by atoms with E-state index in [1.165, 1.54) is 32.1 Å². The van der Waals surface area contributed by atoms with Crippen LogP contribution in [0.5, 0.6) is 0 Å². The zero-order chi connectivity index (χ0) is 19.3. The quantitative estimate of drug-likeness (QED) is 0.339. The fourth-order valence-electron chi connectivity index (χ4n) is 5.09. The maximum atomic E-state index is 12.8. The number of hydrogen-bond donors (Lipinski definition) is 1. The van der Waals surface area contributed by atoms with Crippen molar-refractivity contribution in [2.75, 3.05) is 45.5 Å². The van der Waals surface area contributed by atoms with E-state index in [4.69, 9.17) is 4.99 Å². The summed E-state index contributed by atoms with van der Waals surface area (Å²) in [5.74, 6) is 1.16. The predicted octanol–water partition coefficient (Wildman–Crippen LogP) is 2.88. The molecule has 2 saturated carbocycles. The van der Waals surface area contributed by atoms with Gasteiger partial charge in [0.2, 0.25) is 0 Å². The van der Waals surface area contributed by atoms with Gasteiger partial charge in [-0.15, -0.1) is 24.0 Å². The molecule has 3 rings (SSSR count). The van der Waals surface area contributed by atoms with Gasteiger partial charge in [0.25, 0.3) is 0 Å². The zero-order valence-corrected chi connectivity index (χ0v) is 20.8. The summed E-state index contributed by atoms with van der Waals surface area (Å²) in [4.78, 5) is 9.53. The van der Waals surface area contributed by atoms with Crippen LogP contribution in [0.25, 0.3) is 0 Å². The van der Waals surface area contributed by atoms with Crippen molar-refractivity contribution in [2.45, 2.75) is 75.5 Å². The normalized spacial score (nSPS) is 25.1. The Morgan fingerprint density at radius 3 is 2.50 bits per heavy atom. The van der Waals surface area contributed by atoms with E-state index in [-0.39, 0.29) is 29.7 Å². The molecule has 2 aliphatic carbocycles. The number of guanidine groups is 1. The fourth-order valence-corrected chi connectivity index (χ4v) is 7.24. The lowest BCUT2D eigenvalue weighted by molar-refractivity contribution is 0.250. The Balaban J connectivity index is 0.00000280. The van der Waals surface area contributed by atoms with Gasteiger partial charge in [-0.2, -0.15) is 0 Å². The van der Waals surface area contributed by atoms with Crippen molar-refractivity contribution in [1.82, 2.24) is 15.1 Å². The van der Waals surface area contributed by atoms with E-state index in [1.54, 1.807) is 0 Å². The van der Waals surface area contributed by atoms with E-state index in [1.807, 2.05) is 0 Å². The van der Waals surface area contributed by atoms with Gasteiger partial charge in [-0.1, -0.05) is 32.1 Å². The Morgan fingerprint density at radius 1 is 1.18 bits per heavy atom. The maximum Gasteiger partial charge on any atom is 0.194 e. The van der Waals surface area contributed by atoms with Crippen LogP contribution in [-0.2, 0) is 9.84 Å². The van der Waals surface area contributed by atoms with E-state index in [9.17, 15) is 8.42 Å². The second-order valence-corrected chi connectivity index (χ2v) is 11.1. The summed E-state index contributed by atoms with van der Waals surface area (Å²) in [6.07, 6.45) is 10.2. The van der Waals surface area contributed by atoms with Crippen LogP contribution in [0.3, 0.4) is 0 Å². The third kappa shape index (κ3) is 5.53. The topological polar surface area (TPSA) is 65.0 Å². The molecule has 0 atom stereocenters. The first kappa shape index (κ1) is 24.2. The minimum absolute atomic E-state index is 0. The molecule has 0 amide bonds. The Bertz CT molecular complexity index is 614. The highest BCUT2D eigenvalue weighted by Crippen LogP contribution is 2.38. The molecule has 1 saturated heterocycles. The zero-order valence-electron chi connectivity index (χ0n) is 17.7. The number of likely N-dealkylation sites (N-methyl/N-ethyl adjacent to an activating group) is 1. The van der Waals surface area contributed by atoms with Crippen molar-refractivity contribution in [2.24, 2.45) is 4.99 Å². The smallest absolute Gasteiger partial charge is 0.194 e. The van der Waals surface area contributed by atoms with Crippen molar-refractivity contribution < 1.29 is 8.42 Å². The van der Waals surface area contributed by atoms with E-state index < -0.39 is 14.6 Å². The highest BCUT2D eigenvalue weighted by atomic mass is 127. The summed E-state index contributed by atoms with van der Waals surface area (Å²) < 4.78 is 25.1. The second-order valence-electron chi connectivity index (χ2n) is 8.64. The molecule has 1 spiro atoms. The number of halogens is 1. The summed E-state index contributed by atoms with van der Waals surface area (Å²) in [7, 11) is -0.794. The highest BCUT2D eigenvalue weighted by molar-refractivity contribution is 14.0. The van der Waals surface area contributed by atoms with Crippen LogP contribution < -0.4 is 5.32 Å². The molecular formula is C20H39IN4O2S. The van der Waals surface area contributed by atoms with Gasteiger partial charge in [0.05, 0.1) is 17.0 Å². The molecule has 6 nitrogen and oxygen atoms in total. The summed E-state index contributed by atoms with van der Waals surface area (Å²) in [6.45, 7) is 5.81. The third-order valence-corrected chi connectivity index (χ3v) is 9.41. The van der Waals surface area contributed by atoms with Crippen LogP contribution in [0.4, 0.5) is 0 Å². The third-order valence-electron chi connectivity index (χ3n) is 6.83. The SMILES string of the molecule is CCNC(=NCCN(C)C1CCCC1)N1CCS(=O)(=O)C2(CCCCC2)C1.I. The minimum Gasteiger partial charge on any atom is -0.357 e. The first-order chi connectivity index (χ1) is 13.0. The molecule has 0 aromatic carbocycles. The van der Waals surface area contributed by atoms with Crippen molar-refractivity contribution in [3.05, 3.63) is 0 Å². The van der Waals surface area contributed by atoms with Crippen LogP contribution in [0.1, 0.15) is 64.7 Å². The Labute approximate surface area is 188 Å². The van der Waals surface area contributed by atoms with Gasteiger partial charge in [0.15, 0.2) is 15.8 Å². The Hall–Kier alpha value is -0.0900. The molecule has 0 aromatic heterocycles. The van der Waals surface area contributed by atoms with E-state index in [2.05, 4.69) is 29.1 Å². The van der Waals surface area contributed by atoms with Gasteiger partial charge in [-0.3, -0.25) is 4.99 Å². The predicted molar refractivity (Wildman–Crippen MR) is 127 cm³/mol. The van der Waals surface area contributed by atoms with E-state index in [0.717, 1.165) is 51.3 Å². The molecule has 1 aliphatic heterocycles.